The lowest BCUT2D eigenvalue weighted by atomic mass is 10.1. The number of carbonyl (C=O) groups is 1. The standard InChI is InChI=1S/C17H17N5O2/c1-2-13-7-9-14(10-8-13)19-17(23)11-24-16-6-4-3-5-15(16)22-12-18-20-21-22/h3-10,12H,2,11H2,1H3,(H,19,23). The van der Waals surface area contributed by atoms with Crippen LogP contribution in [0.3, 0.4) is 0 Å². The number of aromatic nitrogens is 4. The molecule has 7 heteroatoms. The second-order valence-corrected chi connectivity index (χ2v) is 5.11. The van der Waals surface area contributed by atoms with Gasteiger partial charge in [-0.2, -0.15) is 4.68 Å². The Morgan fingerprint density at radius 1 is 1.17 bits per heavy atom. The lowest BCUT2D eigenvalue weighted by molar-refractivity contribution is -0.118. The summed E-state index contributed by atoms with van der Waals surface area (Å²) in [5.74, 6) is 0.298. The van der Waals surface area contributed by atoms with E-state index in [1.165, 1.54) is 16.6 Å². The number of aryl methyl sites for hydroxylation is 1. The molecule has 1 N–H and O–H groups in total. The van der Waals surface area contributed by atoms with Crippen molar-refractivity contribution in [2.45, 2.75) is 13.3 Å². The maximum absolute atomic E-state index is 12.1. The van der Waals surface area contributed by atoms with Gasteiger partial charge >= 0.3 is 0 Å². The van der Waals surface area contributed by atoms with E-state index in [0.29, 0.717) is 11.4 Å². The highest BCUT2D eigenvalue weighted by Crippen LogP contribution is 2.21. The molecule has 1 amide bonds. The third kappa shape index (κ3) is 3.75. The van der Waals surface area contributed by atoms with Gasteiger partial charge in [-0.15, -0.1) is 5.10 Å². The van der Waals surface area contributed by atoms with E-state index >= 15 is 0 Å². The molecule has 24 heavy (non-hydrogen) atoms. The monoisotopic (exact) mass is 323 g/mol. The Hall–Kier alpha value is -3.22. The van der Waals surface area contributed by atoms with Crippen molar-refractivity contribution in [2.75, 3.05) is 11.9 Å². The Bertz CT molecular complexity index is 800. The summed E-state index contributed by atoms with van der Waals surface area (Å²) in [6.07, 6.45) is 2.43. The fourth-order valence-electron chi connectivity index (χ4n) is 2.20. The first kappa shape index (κ1) is 15.7. The van der Waals surface area contributed by atoms with Gasteiger partial charge in [0.05, 0.1) is 0 Å². The zero-order valence-electron chi connectivity index (χ0n) is 13.2. The van der Waals surface area contributed by atoms with E-state index in [-0.39, 0.29) is 12.5 Å². The van der Waals surface area contributed by atoms with Gasteiger partial charge in [-0.05, 0) is 46.7 Å². The summed E-state index contributed by atoms with van der Waals surface area (Å²) in [6.45, 7) is 1.98. The maximum atomic E-state index is 12.1. The third-order valence-corrected chi connectivity index (χ3v) is 3.47. The van der Waals surface area contributed by atoms with Crippen molar-refractivity contribution >= 4 is 11.6 Å². The second kappa shape index (κ2) is 7.36. The summed E-state index contributed by atoms with van der Waals surface area (Å²) in [7, 11) is 0. The number of nitrogens with one attached hydrogen (secondary N) is 1. The number of tetrazole rings is 1. The third-order valence-electron chi connectivity index (χ3n) is 3.47. The van der Waals surface area contributed by atoms with E-state index in [4.69, 9.17) is 4.74 Å². The SMILES string of the molecule is CCc1ccc(NC(=O)COc2ccccc2-n2cnnn2)cc1. The predicted molar refractivity (Wildman–Crippen MR) is 89.1 cm³/mol. The Morgan fingerprint density at radius 3 is 2.67 bits per heavy atom. The molecule has 3 rings (SSSR count). The number of amides is 1. The molecule has 0 aliphatic rings. The van der Waals surface area contributed by atoms with Gasteiger partial charge in [0, 0.05) is 5.69 Å². The number of hydrogen-bond donors (Lipinski definition) is 1. The largest absolute Gasteiger partial charge is 0.481 e. The molecule has 1 aromatic heterocycles. The van der Waals surface area contributed by atoms with Crippen LogP contribution in [-0.4, -0.2) is 32.7 Å². The van der Waals surface area contributed by atoms with Crippen LogP contribution in [0.5, 0.6) is 5.75 Å². The number of ether oxygens (including phenoxy) is 1. The molecule has 0 atom stereocenters. The van der Waals surface area contributed by atoms with Gasteiger partial charge in [0.1, 0.15) is 17.8 Å². The highest BCUT2D eigenvalue weighted by Gasteiger charge is 2.09. The Kier molecular flexibility index (Phi) is 4.81. The van der Waals surface area contributed by atoms with Gasteiger partial charge in [0.2, 0.25) is 0 Å². The maximum Gasteiger partial charge on any atom is 0.262 e. The van der Waals surface area contributed by atoms with Crippen LogP contribution in [0, 0.1) is 0 Å². The molecule has 7 nitrogen and oxygen atoms in total. The normalized spacial score (nSPS) is 10.4. The Morgan fingerprint density at radius 2 is 1.96 bits per heavy atom. The molecule has 122 valence electrons. The van der Waals surface area contributed by atoms with Crippen molar-refractivity contribution in [2.24, 2.45) is 0 Å². The molecule has 0 bridgehead atoms. The van der Waals surface area contributed by atoms with Crippen LogP contribution >= 0.6 is 0 Å². The number of rotatable bonds is 6. The van der Waals surface area contributed by atoms with Gasteiger partial charge in [0.15, 0.2) is 6.61 Å². The van der Waals surface area contributed by atoms with Crippen LogP contribution < -0.4 is 10.1 Å². The molecule has 2 aromatic carbocycles. The van der Waals surface area contributed by atoms with Gasteiger partial charge < -0.3 is 10.1 Å². The summed E-state index contributed by atoms with van der Waals surface area (Å²) in [5, 5.41) is 13.8. The van der Waals surface area contributed by atoms with Crippen molar-refractivity contribution in [1.29, 1.82) is 0 Å². The molecule has 0 fully saturated rings. The Labute approximate surface area is 139 Å². The lowest BCUT2D eigenvalue weighted by Gasteiger charge is -2.11. The first-order valence-electron chi connectivity index (χ1n) is 7.60. The van der Waals surface area contributed by atoms with Gasteiger partial charge in [-0.25, -0.2) is 0 Å². The highest BCUT2D eigenvalue weighted by atomic mass is 16.5. The average molecular weight is 323 g/mol. The van der Waals surface area contributed by atoms with Gasteiger partial charge in [0.25, 0.3) is 5.91 Å². The summed E-state index contributed by atoms with van der Waals surface area (Å²) >= 11 is 0. The fourth-order valence-corrected chi connectivity index (χ4v) is 2.20. The number of carbonyl (C=O) groups excluding carboxylic acids is 1. The molecule has 1 heterocycles. The van der Waals surface area contributed by atoms with Crippen LogP contribution in [-0.2, 0) is 11.2 Å². The number of nitrogens with zero attached hydrogens (tertiary/aromatic N) is 4. The molecule has 0 aliphatic heterocycles. The minimum atomic E-state index is -0.231. The lowest BCUT2D eigenvalue weighted by Crippen LogP contribution is -2.20. The van der Waals surface area contributed by atoms with Gasteiger partial charge in [-0.1, -0.05) is 31.2 Å². The number of hydrogen-bond acceptors (Lipinski definition) is 5. The summed E-state index contributed by atoms with van der Waals surface area (Å²) in [5.41, 5.74) is 2.64. The number of para-hydroxylation sites is 2. The van der Waals surface area contributed by atoms with Crippen LogP contribution in [0.4, 0.5) is 5.69 Å². The van der Waals surface area contributed by atoms with E-state index in [1.54, 1.807) is 6.07 Å². The van der Waals surface area contributed by atoms with Crippen LogP contribution in [0.1, 0.15) is 12.5 Å². The molecule has 0 radical (unpaired) electrons. The fraction of sp³-hybridized carbons (Fsp3) is 0.176. The summed E-state index contributed by atoms with van der Waals surface area (Å²) in [4.78, 5) is 12.1. The zero-order chi connectivity index (χ0) is 16.8. The topological polar surface area (TPSA) is 81.9 Å². The predicted octanol–water partition coefficient (Wildman–Crippen LogP) is 2.24. The average Bonchev–Trinajstić information content (AvgIpc) is 3.15. The van der Waals surface area contributed by atoms with E-state index in [2.05, 4.69) is 27.8 Å². The minimum Gasteiger partial charge on any atom is -0.481 e. The molecule has 3 aromatic rings. The van der Waals surface area contributed by atoms with E-state index in [1.807, 2.05) is 42.5 Å². The minimum absolute atomic E-state index is 0.103. The molecule has 0 unspecified atom stereocenters. The highest BCUT2D eigenvalue weighted by molar-refractivity contribution is 5.91. The van der Waals surface area contributed by atoms with Crippen LogP contribution in [0.2, 0.25) is 0 Å². The summed E-state index contributed by atoms with van der Waals surface area (Å²) in [6, 6.07) is 15.0. The summed E-state index contributed by atoms with van der Waals surface area (Å²) < 4.78 is 7.09. The van der Waals surface area contributed by atoms with E-state index in [9.17, 15) is 4.79 Å². The van der Waals surface area contributed by atoms with E-state index in [0.717, 1.165) is 12.1 Å². The zero-order valence-corrected chi connectivity index (χ0v) is 13.2. The number of benzene rings is 2. The molecular weight excluding hydrogens is 306 g/mol. The van der Waals surface area contributed by atoms with Crippen molar-refractivity contribution in [1.82, 2.24) is 20.2 Å². The van der Waals surface area contributed by atoms with Crippen molar-refractivity contribution in [3.05, 3.63) is 60.4 Å². The smallest absolute Gasteiger partial charge is 0.262 e. The van der Waals surface area contributed by atoms with Crippen LogP contribution in [0.25, 0.3) is 5.69 Å². The molecule has 0 saturated heterocycles. The second-order valence-electron chi connectivity index (χ2n) is 5.11. The molecule has 0 aliphatic carbocycles. The van der Waals surface area contributed by atoms with Crippen molar-refractivity contribution < 1.29 is 9.53 Å². The molecule has 0 saturated carbocycles. The molecular formula is C17H17N5O2. The van der Waals surface area contributed by atoms with E-state index < -0.39 is 0 Å². The van der Waals surface area contributed by atoms with Crippen molar-refractivity contribution in [3.8, 4) is 11.4 Å². The first-order chi connectivity index (χ1) is 11.8. The van der Waals surface area contributed by atoms with Gasteiger partial charge in [-0.3, -0.25) is 4.79 Å². The molecule has 0 spiro atoms. The Balaban J connectivity index is 1.62. The number of anilines is 1. The van der Waals surface area contributed by atoms with Crippen molar-refractivity contribution in [3.63, 3.8) is 0 Å². The van der Waals surface area contributed by atoms with Crippen LogP contribution in [0.15, 0.2) is 54.9 Å². The quantitative estimate of drug-likeness (QED) is 0.752. The first-order valence-corrected chi connectivity index (χ1v) is 7.60.